The van der Waals surface area contributed by atoms with Gasteiger partial charge in [-0.15, -0.1) is 0 Å². The van der Waals surface area contributed by atoms with Crippen LogP contribution in [0.3, 0.4) is 0 Å². The molecule has 2 aliphatic carbocycles. The molecule has 4 atom stereocenters. The molecule has 2 nitrogen and oxygen atoms in total. The number of methoxy groups -OCH3 is 1. The third kappa shape index (κ3) is 2.47. The van der Waals surface area contributed by atoms with E-state index >= 15 is 0 Å². The third-order valence-corrected chi connectivity index (χ3v) is 6.51. The van der Waals surface area contributed by atoms with Crippen LogP contribution in [-0.2, 0) is 0 Å². The van der Waals surface area contributed by atoms with Crippen LogP contribution in [-0.4, -0.2) is 13.4 Å². The summed E-state index contributed by atoms with van der Waals surface area (Å²) >= 11 is 0. The molecule has 0 heterocycles. The smallest absolute Gasteiger partial charge is 0.150 e. The Morgan fingerprint density at radius 3 is 2.82 bits per heavy atom. The number of ether oxygens (including phenoxy) is 1. The van der Waals surface area contributed by atoms with Crippen LogP contribution in [0.25, 0.3) is 0 Å². The Balaban J connectivity index is 1.96. The molecule has 0 amide bonds. The molecule has 120 valence electrons. The number of aldehydes is 1. The predicted molar refractivity (Wildman–Crippen MR) is 89.6 cm³/mol. The summed E-state index contributed by atoms with van der Waals surface area (Å²) in [7, 11) is 1.66. The molecule has 0 bridgehead atoms. The number of benzene rings is 1. The van der Waals surface area contributed by atoms with Crippen molar-refractivity contribution < 1.29 is 9.53 Å². The normalized spacial score (nSPS) is 34.2. The van der Waals surface area contributed by atoms with Gasteiger partial charge in [-0.05, 0) is 66.5 Å². The van der Waals surface area contributed by atoms with E-state index in [1.54, 1.807) is 7.11 Å². The van der Waals surface area contributed by atoms with Gasteiger partial charge in [0.05, 0.1) is 7.11 Å². The summed E-state index contributed by atoms with van der Waals surface area (Å²) in [5.41, 5.74) is 2.62. The molecule has 1 aromatic rings. The topological polar surface area (TPSA) is 26.3 Å². The standard InChI is InChI=1S/C20H28O2/c1-4-16-18(9-11-20(2)10-5-6-19(16)20)17-8-7-15(22-3)12-14(17)13-21/h7-8,12-13,16,18-19H,4-6,9-11H2,1-3H3. The van der Waals surface area contributed by atoms with Crippen molar-refractivity contribution in [2.75, 3.05) is 7.11 Å². The summed E-state index contributed by atoms with van der Waals surface area (Å²) in [5.74, 6) is 2.86. The lowest BCUT2D eigenvalue weighted by Crippen LogP contribution is -2.37. The molecule has 0 N–H and O–H groups in total. The first-order valence-electron chi connectivity index (χ1n) is 8.76. The van der Waals surface area contributed by atoms with Crippen LogP contribution < -0.4 is 4.74 Å². The number of carbonyl (C=O) groups is 1. The zero-order chi connectivity index (χ0) is 15.7. The highest BCUT2D eigenvalue weighted by atomic mass is 16.5. The first-order chi connectivity index (χ1) is 10.6. The molecule has 0 radical (unpaired) electrons. The largest absolute Gasteiger partial charge is 0.497 e. The summed E-state index contributed by atoms with van der Waals surface area (Å²) in [6.45, 7) is 4.82. The maximum Gasteiger partial charge on any atom is 0.150 e. The molecule has 2 fully saturated rings. The Morgan fingerprint density at radius 1 is 1.32 bits per heavy atom. The van der Waals surface area contributed by atoms with E-state index in [4.69, 9.17) is 4.74 Å². The van der Waals surface area contributed by atoms with Gasteiger partial charge in [0.2, 0.25) is 0 Å². The fourth-order valence-corrected chi connectivity index (χ4v) is 5.36. The molecule has 0 spiro atoms. The summed E-state index contributed by atoms with van der Waals surface area (Å²) in [6.07, 6.45) is 8.90. The van der Waals surface area contributed by atoms with Crippen molar-refractivity contribution in [3.63, 3.8) is 0 Å². The molecule has 2 aliphatic rings. The highest BCUT2D eigenvalue weighted by molar-refractivity contribution is 5.78. The van der Waals surface area contributed by atoms with Gasteiger partial charge in [-0.25, -0.2) is 0 Å². The van der Waals surface area contributed by atoms with E-state index in [1.807, 2.05) is 12.1 Å². The number of hydrogen-bond donors (Lipinski definition) is 0. The van der Waals surface area contributed by atoms with Gasteiger partial charge in [-0.3, -0.25) is 4.79 Å². The van der Waals surface area contributed by atoms with Gasteiger partial charge in [0.1, 0.15) is 12.0 Å². The van der Waals surface area contributed by atoms with E-state index in [2.05, 4.69) is 19.9 Å². The van der Waals surface area contributed by atoms with Crippen molar-refractivity contribution in [1.29, 1.82) is 0 Å². The molecule has 4 unspecified atom stereocenters. The average Bonchev–Trinajstić information content (AvgIpc) is 2.95. The van der Waals surface area contributed by atoms with Crippen LogP contribution in [0.5, 0.6) is 5.75 Å². The molecule has 0 aliphatic heterocycles. The van der Waals surface area contributed by atoms with E-state index in [0.29, 0.717) is 17.3 Å². The monoisotopic (exact) mass is 300 g/mol. The molecule has 3 rings (SSSR count). The number of hydrogen-bond acceptors (Lipinski definition) is 2. The van der Waals surface area contributed by atoms with Crippen LogP contribution in [0.4, 0.5) is 0 Å². The maximum absolute atomic E-state index is 11.6. The fraction of sp³-hybridized carbons (Fsp3) is 0.650. The lowest BCUT2D eigenvalue weighted by atomic mass is 9.58. The third-order valence-electron chi connectivity index (χ3n) is 6.51. The van der Waals surface area contributed by atoms with Gasteiger partial charge < -0.3 is 4.74 Å². The van der Waals surface area contributed by atoms with Crippen LogP contribution in [0.2, 0.25) is 0 Å². The first kappa shape index (κ1) is 15.6. The molecule has 1 aromatic carbocycles. The van der Waals surface area contributed by atoms with E-state index < -0.39 is 0 Å². The second-order valence-electron chi connectivity index (χ2n) is 7.48. The summed E-state index contributed by atoms with van der Waals surface area (Å²) < 4.78 is 5.28. The van der Waals surface area contributed by atoms with E-state index in [-0.39, 0.29) is 0 Å². The van der Waals surface area contributed by atoms with Crippen molar-refractivity contribution in [1.82, 2.24) is 0 Å². The van der Waals surface area contributed by atoms with Crippen molar-refractivity contribution in [2.24, 2.45) is 17.3 Å². The molecule has 2 saturated carbocycles. The summed E-state index contributed by atoms with van der Waals surface area (Å²) in [4.78, 5) is 11.6. The molecule has 2 heteroatoms. The summed E-state index contributed by atoms with van der Waals surface area (Å²) in [5, 5.41) is 0. The van der Waals surface area contributed by atoms with E-state index in [1.165, 1.54) is 44.1 Å². The molecular weight excluding hydrogens is 272 g/mol. The van der Waals surface area contributed by atoms with Crippen molar-refractivity contribution in [3.05, 3.63) is 29.3 Å². The van der Waals surface area contributed by atoms with Gasteiger partial charge in [-0.1, -0.05) is 32.8 Å². The zero-order valence-corrected chi connectivity index (χ0v) is 14.1. The highest BCUT2D eigenvalue weighted by Gasteiger charge is 2.48. The minimum absolute atomic E-state index is 0.535. The Hall–Kier alpha value is -1.31. The highest BCUT2D eigenvalue weighted by Crippen LogP contribution is 2.59. The van der Waals surface area contributed by atoms with Gasteiger partial charge in [-0.2, -0.15) is 0 Å². The minimum atomic E-state index is 0.535. The van der Waals surface area contributed by atoms with Gasteiger partial charge in [0.15, 0.2) is 0 Å². The lowest BCUT2D eigenvalue weighted by Gasteiger charge is -2.47. The van der Waals surface area contributed by atoms with E-state index in [0.717, 1.165) is 23.5 Å². The molecular formula is C20H28O2. The van der Waals surface area contributed by atoms with Crippen molar-refractivity contribution in [3.8, 4) is 5.75 Å². The quantitative estimate of drug-likeness (QED) is 0.713. The number of fused-ring (bicyclic) bond motifs is 1. The SMILES string of the molecule is CCC1C(c2ccc(OC)cc2C=O)CCC2(C)CCCC12. The maximum atomic E-state index is 11.6. The van der Waals surface area contributed by atoms with Crippen LogP contribution in [0.1, 0.15) is 74.2 Å². The van der Waals surface area contributed by atoms with Gasteiger partial charge in [0.25, 0.3) is 0 Å². The van der Waals surface area contributed by atoms with Crippen LogP contribution in [0, 0.1) is 17.3 Å². The Kier molecular flexibility index (Phi) is 4.29. The van der Waals surface area contributed by atoms with Crippen molar-refractivity contribution >= 4 is 6.29 Å². The molecule has 22 heavy (non-hydrogen) atoms. The van der Waals surface area contributed by atoms with E-state index in [9.17, 15) is 4.79 Å². The Bertz CT molecular complexity index is 551. The number of rotatable bonds is 4. The fourth-order valence-electron chi connectivity index (χ4n) is 5.36. The summed E-state index contributed by atoms with van der Waals surface area (Å²) in [6, 6.07) is 6.04. The number of carbonyl (C=O) groups excluding carboxylic acids is 1. The minimum Gasteiger partial charge on any atom is -0.497 e. The first-order valence-corrected chi connectivity index (χ1v) is 8.76. The second kappa shape index (κ2) is 6.06. The second-order valence-corrected chi connectivity index (χ2v) is 7.48. The van der Waals surface area contributed by atoms with Crippen LogP contribution in [0.15, 0.2) is 18.2 Å². The van der Waals surface area contributed by atoms with Gasteiger partial charge >= 0.3 is 0 Å². The average molecular weight is 300 g/mol. The van der Waals surface area contributed by atoms with Gasteiger partial charge in [0, 0.05) is 5.56 Å². The predicted octanol–water partition coefficient (Wildman–Crippen LogP) is 5.22. The van der Waals surface area contributed by atoms with Crippen LogP contribution >= 0.6 is 0 Å². The van der Waals surface area contributed by atoms with Crippen molar-refractivity contribution in [2.45, 2.75) is 58.3 Å². The molecule has 0 saturated heterocycles. The Labute approximate surface area is 134 Å². The zero-order valence-electron chi connectivity index (χ0n) is 14.1. The Morgan fingerprint density at radius 2 is 2.14 bits per heavy atom. The molecule has 0 aromatic heterocycles. The lowest BCUT2D eigenvalue weighted by molar-refractivity contribution is 0.0673.